The second-order valence-corrected chi connectivity index (χ2v) is 10.5. The van der Waals surface area contributed by atoms with E-state index in [2.05, 4.69) is 39.8 Å². The van der Waals surface area contributed by atoms with E-state index in [1.165, 1.54) is 14.8 Å². The minimum atomic E-state index is 0.227. The van der Waals surface area contributed by atoms with Gasteiger partial charge in [-0.2, -0.15) is 0 Å². The average Bonchev–Trinajstić information content (AvgIpc) is 3.09. The first-order valence-electron chi connectivity index (χ1n) is 10.8. The number of thioether (sulfide) groups is 1. The fourth-order valence-corrected chi connectivity index (χ4v) is 6.63. The zero-order valence-corrected chi connectivity index (χ0v) is 19.6. The van der Waals surface area contributed by atoms with Crippen LogP contribution in [0.25, 0.3) is 0 Å². The lowest BCUT2D eigenvalue weighted by Crippen LogP contribution is -2.46. The van der Waals surface area contributed by atoms with E-state index in [1.54, 1.807) is 18.4 Å². The fraction of sp³-hybridized carbons (Fsp3) is 0.522. The van der Waals surface area contributed by atoms with E-state index in [1.807, 2.05) is 23.9 Å². The van der Waals surface area contributed by atoms with E-state index in [0.29, 0.717) is 0 Å². The van der Waals surface area contributed by atoms with Crippen molar-refractivity contribution >= 4 is 34.7 Å². The Labute approximate surface area is 188 Å². The molecule has 1 fully saturated rings. The first-order chi connectivity index (χ1) is 14.7. The molecule has 0 bridgehead atoms. The Balaban J connectivity index is 1.20. The van der Waals surface area contributed by atoms with E-state index >= 15 is 0 Å². The Morgan fingerprint density at radius 2 is 1.80 bits per heavy atom. The van der Waals surface area contributed by atoms with Crippen LogP contribution < -0.4 is 9.64 Å². The highest BCUT2D eigenvalue weighted by atomic mass is 32.2. The molecule has 1 aromatic heterocycles. The summed E-state index contributed by atoms with van der Waals surface area (Å²) in [6.07, 6.45) is 2.21. The number of unbranched alkanes of at least 4 members (excludes halogenated alkanes) is 1. The van der Waals surface area contributed by atoms with Gasteiger partial charge >= 0.3 is 0 Å². The molecule has 0 saturated carbocycles. The molecule has 0 radical (unpaired) electrons. The molecular formula is C23H31N3O2S2. The van der Waals surface area contributed by atoms with Crippen LogP contribution in [-0.4, -0.2) is 74.4 Å². The Morgan fingerprint density at radius 1 is 1.03 bits per heavy atom. The lowest BCUT2D eigenvalue weighted by Gasteiger charge is -2.36. The summed E-state index contributed by atoms with van der Waals surface area (Å²) in [5.41, 5.74) is 2.12. The smallest absolute Gasteiger partial charge is 0.255 e. The lowest BCUT2D eigenvalue weighted by molar-refractivity contribution is 0.0761. The molecule has 0 spiro atoms. The summed E-state index contributed by atoms with van der Waals surface area (Å²) in [4.78, 5) is 21.1. The number of aryl methyl sites for hydroxylation is 1. The van der Waals surface area contributed by atoms with Crippen LogP contribution in [-0.2, 0) is 0 Å². The molecule has 4 rings (SSSR count). The van der Waals surface area contributed by atoms with Crippen LogP contribution in [0.3, 0.4) is 0 Å². The molecule has 1 amide bonds. The van der Waals surface area contributed by atoms with Crippen molar-refractivity contribution in [3.8, 4) is 5.75 Å². The van der Waals surface area contributed by atoms with Crippen LogP contribution in [0, 0.1) is 6.92 Å². The van der Waals surface area contributed by atoms with Gasteiger partial charge < -0.3 is 14.5 Å². The Bertz CT molecular complexity index is 862. The first-order valence-corrected chi connectivity index (χ1v) is 12.6. The van der Waals surface area contributed by atoms with Crippen molar-refractivity contribution in [2.75, 3.05) is 63.6 Å². The number of hydrogen-bond donors (Lipinski definition) is 0. The van der Waals surface area contributed by atoms with Crippen molar-refractivity contribution in [2.24, 2.45) is 0 Å². The van der Waals surface area contributed by atoms with E-state index in [-0.39, 0.29) is 5.91 Å². The number of ether oxygens (including phenoxy) is 1. The topological polar surface area (TPSA) is 36.0 Å². The number of rotatable bonds is 7. The van der Waals surface area contributed by atoms with Crippen molar-refractivity contribution in [3.05, 3.63) is 40.8 Å². The first kappa shape index (κ1) is 21.5. The van der Waals surface area contributed by atoms with Gasteiger partial charge in [-0.3, -0.25) is 9.69 Å². The summed E-state index contributed by atoms with van der Waals surface area (Å²) in [5.74, 6) is 2.18. The Kier molecular flexibility index (Phi) is 7.23. The van der Waals surface area contributed by atoms with E-state index in [4.69, 9.17) is 4.74 Å². The minimum absolute atomic E-state index is 0.227. The highest BCUT2D eigenvalue weighted by Crippen LogP contribution is 2.35. The van der Waals surface area contributed by atoms with Gasteiger partial charge in [-0.15, -0.1) is 23.1 Å². The maximum absolute atomic E-state index is 12.9. The number of benzene rings is 1. The molecule has 162 valence electrons. The van der Waals surface area contributed by atoms with Crippen LogP contribution in [0.4, 0.5) is 5.69 Å². The largest absolute Gasteiger partial charge is 0.495 e. The number of hydrogen-bond acceptors (Lipinski definition) is 6. The molecule has 7 heteroatoms. The van der Waals surface area contributed by atoms with Crippen LogP contribution >= 0.6 is 23.1 Å². The number of piperazine rings is 1. The van der Waals surface area contributed by atoms with Gasteiger partial charge in [0.25, 0.3) is 5.91 Å². The third kappa shape index (κ3) is 4.95. The number of para-hydroxylation sites is 2. The van der Waals surface area contributed by atoms with Gasteiger partial charge in [-0.05, 0) is 44.5 Å². The van der Waals surface area contributed by atoms with Crippen molar-refractivity contribution in [1.29, 1.82) is 0 Å². The maximum atomic E-state index is 12.9. The number of methoxy groups -OCH3 is 1. The molecule has 3 heterocycles. The summed E-state index contributed by atoms with van der Waals surface area (Å²) in [6.45, 7) is 9.15. The normalized spacial score (nSPS) is 17.7. The molecule has 2 aliphatic rings. The van der Waals surface area contributed by atoms with Gasteiger partial charge in [0.05, 0.1) is 22.6 Å². The second-order valence-electron chi connectivity index (χ2n) is 7.91. The Morgan fingerprint density at radius 3 is 2.60 bits per heavy atom. The molecule has 5 nitrogen and oxygen atoms in total. The van der Waals surface area contributed by atoms with Crippen LogP contribution in [0.1, 0.15) is 28.1 Å². The van der Waals surface area contributed by atoms with Crippen molar-refractivity contribution in [1.82, 2.24) is 9.80 Å². The summed E-state index contributed by atoms with van der Waals surface area (Å²) >= 11 is 3.59. The highest BCUT2D eigenvalue weighted by Gasteiger charge is 2.24. The van der Waals surface area contributed by atoms with Gasteiger partial charge in [0.2, 0.25) is 0 Å². The Hall–Kier alpha value is -1.70. The highest BCUT2D eigenvalue weighted by molar-refractivity contribution is 8.01. The number of carbonyl (C=O) groups excluding carboxylic acids is 1. The van der Waals surface area contributed by atoms with Gasteiger partial charge in [-0.1, -0.05) is 12.1 Å². The van der Waals surface area contributed by atoms with Gasteiger partial charge in [0.1, 0.15) is 5.75 Å². The second kappa shape index (κ2) is 10.1. The van der Waals surface area contributed by atoms with Crippen LogP contribution in [0.2, 0.25) is 0 Å². The molecule has 0 atom stereocenters. The quantitative estimate of drug-likeness (QED) is 0.597. The van der Waals surface area contributed by atoms with Gasteiger partial charge in [-0.25, -0.2) is 0 Å². The number of carbonyl (C=O) groups is 1. The van der Waals surface area contributed by atoms with Crippen molar-refractivity contribution < 1.29 is 9.53 Å². The molecule has 1 saturated heterocycles. The fourth-order valence-electron chi connectivity index (χ4n) is 4.22. The number of nitrogens with zero attached hydrogens (tertiary/aromatic N) is 3. The molecular weight excluding hydrogens is 414 g/mol. The van der Waals surface area contributed by atoms with Gasteiger partial charge in [0.15, 0.2) is 0 Å². The third-order valence-electron chi connectivity index (χ3n) is 5.88. The summed E-state index contributed by atoms with van der Waals surface area (Å²) in [6, 6.07) is 10.3. The van der Waals surface area contributed by atoms with E-state index in [0.717, 1.165) is 75.7 Å². The van der Waals surface area contributed by atoms with Gasteiger partial charge in [0, 0.05) is 49.9 Å². The molecule has 1 aromatic carbocycles. The number of thiophene rings is 1. The third-order valence-corrected chi connectivity index (χ3v) is 8.20. The van der Waals surface area contributed by atoms with Crippen LogP contribution in [0.15, 0.2) is 34.5 Å². The average molecular weight is 446 g/mol. The van der Waals surface area contributed by atoms with E-state index in [9.17, 15) is 4.79 Å². The van der Waals surface area contributed by atoms with E-state index < -0.39 is 0 Å². The summed E-state index contributed by atoms with van der Waals surface area (Å²) in [5, 5.41) is 0. The predicted octanol–water partition coefficient (Wildman–Crippen LogP) is 4.22. The number of anilines is 1. The lowest BCUT2D eigenvalue weighted by atomic mass is 10.2. The molecule has 2 aromatic rings. The SMILES string of the molecule is COc1ccccc1N1CCN(CCCCN2CCSc3sc(C)cc3C2=O)CC1. The number of amides is 1. The van der Waals surface area contributed by atoms with Crippen molar-refractivity contribution in [3.63, 3.8) is 0 Å². The standard InChI is InChI=1S/C23H31N3O2S2/c1-18-17-19-22(27)26(15-16-29-23(19)30-18)10-6-5-9-24-11-13-25(14-12-24)20-7-3-4-8-21(20)28-2/h3-4,7-8,17H,5-6,9-16H2,1-2H3. The minimum Gasteiger partial charge on any atom is -0.495 e. The molecule has 30 heavy (non-hydrogen) atoms. The van der Waals surface area contributed by atoms with Crippen LogP contribution in [0.5, 0.6) is 5.75 Å². The maximum Gasteiger partial charge on any atom is 0.255 e. The monoisotopic (exact) mass is 445 g/mol. The van der Waals surface area contributed by atoms with Crippen molar-refractivity contribution in [2.45, 2.75) is 24.0 Å². The number of fused-ring (bicyclic) bond motifs is 1. The summed E-state index contributed by atoms with van der Waals surface area (Å²) in [7, 11) is 1.74. The zero-order valence-electron chi connectivity index (χ0n) is 17.9. The molecule has 0 aliphatic carbocycles. The molecule has 0 unspecified atom stereocenters. The summed E-state index contributed by atoms with van der Waals surface area (Å²) < 4.78 is 6.72. The zero-order chi connectivity index (χ0) is 20.9. The predicted molar refractivity (Wildman–Crippen MR) is 127 cm³/mol. The molecule has 2 aliphatic heterocycles. The molecule has 0 N–H and O–H groups in total.